The van der Waals surface area contributed by atoms with Crippen LogP contribution in [-0.4, -0.2) is 73.6 Å². The standard InChI is InChI=1S/C18H33P.C14H22N2OS.2ClH.Ru/c1-4-10-16(11-5-1)19(17-12-6-2-7-13-17)18-14-8-3-9-15-18;1-2-4-14(5-3-1)18-13-7-15-6-8-16-9-11-17-12-10-16;;;/h16-18H,1-15H2;1-5,15H,6-13H2;2*1H;/q;;;;+2/p-2. The molecule has 0 unspecified atom stereocenters. The summed E-state index contributed by atoms with van der Waals surface area (Å²) in [5.74, 6) is 1.13. The van der Waals surface area contributed by atoms with Crippen molar-refractivity contribution in [3.05, 3.63) is 30.3 Å². The molecule has 1 saturated heterocycles. The fraction of sp³-hybridized carbons (Fsp3) is 0.812. The maximum atomic E-state index is 5.33. The monoisotopic (exact) mass is 718 g/mol. The average molecular weight is 719 g/mol. The first-order valence-electron chi connectivity index (χ1n) is 16.1. The van der Waals surface area contributed by atoms with Gasteiger partial charge in [-0.15, -0.1) is 11.8 Å². The Labute approximate surface area is 267 Å². The molecule has 4 fully saturated rings. The summed E-state index contributed by atoms with van der Waals surface area (Å²) in [7, 11) is 10.1. The van der Waals surface area contributed by atoms with Crippen LogP contribution in [0.1, 0.15) is 96.3 Å². The molecule has 3 saturated carbocycles. The Balaban J connectivity index is 0.000000201. The van der Waals surface area contributed by atoms with Crippen molar-refractivity contribution in [2.45, 2.75) is 118 Å². The Morgan fingerprint density at radius 2 is 1.23 bits per heavy atom. The second-order valence-corrected chi connectivity index (χ2v) is 18.6. The van der Waals surface area contributed by atoms with Gasteiger partial charge in [0.15, 0.2) is 0 Å². The summed E-state index contributed by atoms with van der Waals surface area (Å²) >= 11 is 1.56. The molecule has 232 valence electrons. The van der Waals surface area contributed by atoms with E-state index in [-0.39, 0.29) is 15.1 Å². The predicted molar refractivity (Wildman–Crippen MR) is 177 cm³/mol. The summed E-state index contributed by atoms with van der Waals surface area (Å²) in [6, 6.07) is 10.6. The van der Waals surface area contributed by atoms with Gasteiger partial charge in [-0.1, -0.05) is 83.9 Å². The number of thioether (sulfide) groups is 1. The Bertz CT molecular complexity index is 673. The van der Waals surface area contributed by atoms with Gasteiger partial charge in [-0.2, -0.15) is 0 Å². The molecular formula is C32H55Cl2N2OPRuS. The Kier molecular flexibility index (Phi) is 20.9. The molecule has 40 heavy (non-hydrogen) atoms. The molecule has 0 atom stereocenters. The van der Waals surface area contributed by atoms with Crippen LogP contribution in [0.3, 0.4) is 0 Å². The number of rotatable bonds is 10. The van der Waals surface area contributed by atoms with E-state index in [2.05, 4.69) is 40.5 Å². The van der Waals surface area contributed by atoms with Crippen LogP contribution in [0.5, 0.6) is 0 Å². The van der Waals surface area contributed by atoms with Gasteiger partial charge in [0, 0.05) is 43.4 Å². The zero-order valence-corrected chi connectivity index (χ0v) is 29.7. The van der Waals surface area contributed by atoms with Gasteiger partial charge in [-0.05, 0) is 67.6 Å². The summed E-state index contributed by atoms with van der Waals surface area (Å²) in [6.07, 6.45) is 23.6. The van der Waals surface area contributed by atoms with Crippen molar-refractivity contribution in [3.8, 4) is 0 Å². The number of hydrogen-bond donors (Lipinski definition) is 1. The molecule has 1 aliphatic heterocycles. The minimum atomic E-state index is -0.346. The number of morpholine rings is 1. The van der Waals surface area contributed by atoms with Crippen LogP contribution < -0.4 is 5.32 Å². The van der Waals surface area contributed by atoms with Crippen LogP contribution >= 0.6 is 39.1 Å². The Morgan fingerprint density at radius 3 is 1.70 bits per heavy atom. The number of ether oxygens (including phenoxy) is 1. The first-order chi connectivity index (χ1) is 19.8. The fourth-order valence-electron chi connectivity index (χ4n) is 6.98. The fourth-order valence-corrected chi connectivity index (χ4v) is 12.5. The van der Waals surface area contributed by atoms with E-state index < -0.39 is 0 Å². The quantitative estimate of drug-likeness (QED) is 0.113. The first kappa shape index (κ1) is 35.6. The summed E-state index contributed by atoms with van der Waals surface area (Å²) < 4.78 is 5.33. The Morgan fingerprint density at radius 1 is 0.750 bits per heavy atom. The van der Waals surface area contributed by atoms with Gasteiger partial charge < -0.3 is 10.1 Å². The first-order valence-corrected chi connectivity index (χ1v) is 23.1. The molecule has 5 rings (SSSR count). The molecule has 0 bridgehead atoms. The number of halogens is 2. The molecular weight excluding hydrogens is 663 g/mol. The maximum absolute atomic E-state index is 5.33. The SMILES string of the molecule is C1CCC(P(C2CCCCC2)C2CCCCC2)CC1.[Cl][Ru][Cl].c1ccc(SCCNCCN2CCOCC2)cc1. The minimum absolute atomic E-state index is 0.346. The van der Waals surface area contributed by atoms with Crippen molar-refractivity contribution < 1.29 is 19.9 Å². The van der Waals surface area contributed by atoms with Crippen molar-refractivity contribution in [2.24, 2.45) is 0 Å². The molecule has 0 aromatic heterocycles. The van der Waals surface area contributed by atoms with Crippen molar-refractivity contribution in [2.75, 3.05) is 51.7 Å². The van der Waals surface area contributed by atoms with Crippen molar-refractivity contribution in [3.63, 3.8) is 0 Å². The summed E-state index contributed by atoms with van der Waals surface area (Å²) in [5.41, 5.74) is 3.57. The molecule has 3 aliphatic carbocycles. The third-order valence-corrected chi connectivity index (χ3v) is 14.1. The zero-order chi connectivity index (χ0) is 28.1. The zero-order valence-electron chi connectivity index (χ0n) is 24.7. The van der Waals surface area contributed by atoms with E-state index in [0.717, 1.165) is 51.7 Å². The molecule has 0 radical (unpaired) electrons. The molecule has 1 N–H and O–H groups in total. The molecule has 3 nitrogen and oxygen atoms in total. The van der Waals surface area contributed by atoms with Crippen LogP contribution in [0.15, 0.2) is 35.2 Å². The van der Waals surface area contributed by atoms with E-state index in [1.54, 1.807) is 77.0 Å². The van der Waals surface area contributed by atoms with E-state index in [1.165, 1.54) is 41.1 Å². The summed E-state index contributed by atoms with van der Waals surface area (Å²) in [6.45, 7) is 7.24. The van der Waals surface area contributed by atoms with Crippen molar-refractivity contribution in [1.29, 1.82) is 0 Å². The van der Waals surface area contributed by atoms with Crippen LogP contribution in [0.25, 0.3) is 0 Å². The van der Waals surface area contributed by atoms with Crippen LogP contribution in [0.4, 0.5) is 0 Å². The second-order valence-electron chi connectivity index (χ2n) is 11.7. The van der Waals surface area contributed by atoms with Gasteiger partial charge >= 0.3 is 34.5 Å². The summed E-state index contributed by atoms with van der Waals surface area (Å²) in [5, 5.41) is 3.50. The van der Waals surface area contributed by atoms with Gasteiger partial charge in [0.2, 0.25) is 0 Å². The largest absolute Gasteiger partial charge is 0.379 e. The summed E-state index contributed by atoms with van der Waals surface area (Å²) in [4.78, 5) is 3.81. The minimum Gasteiger partial charge on any atom is -0.379 e. The average Bonchev–Trinajstić information content (AvgIpc) is 3.02. The molecule has 0 spiro atoms. The van der Waals surface area contributed by atoms with Gasteiger partial charge in [0.25, 0.3) is 0 Å². The van der Waals surface area contributed by atoms with E-state index >= 15 is 0 Å². The Hall–Kier alpha value is 1.08. The number of nitrogens with zero attached hydrogens (tertiary/aromatic N) is 1. The molecule has 1 aromatic carbocycles. The maximum Gasteiger partial charge on any atom is 0.0594 e. The van der Waals surface area contributed by atoms with E-state index in [0.29, 0.717) is 7.92 Å². The topological polar surface area (TPSA) is 24.5 Å². The molecule has 4 aliphatic rings. The van der Waals surface area contributed by atoms with Crippen LogP contribution in [0, 0.1) is 0 Å². The number of benzene rings is 1. The predicted octanol–water partition coefficient (Wildman–Crippen LogP) is 9.54. The van der Waals surface area contributed by atoms with Gasteiger partial charge in [-0.25, -0.2) is 0 Å². The third-order valence-electron chi connectivity index (χ3n) is 8.99. The molecule has 0 amide bonds. The van der Waals surface area contributed by atoms with Crippen LogP contribution in [0.2, 0.25) is 0 Å². The smallest absolute Gasteiger partial charge is 0.0594 e. The van der Waals surface area contributed by atoms with Gasteiger partial charge in [0.1, 0.15) is 0 Å². The molecule has 1 aromatic rings. The van der Waals surface area contributed by atoms with E-state index in [1.807, 2.05) is 11.8 Å². The van der Waals surface area contributed by atoms with E-state index in [9.17, 15) is 0 Å². The molecule has 1 heterocycles. The van der Waals surface area contributed by atoms with Crippen molar-refractivity contribution in [1.82, 2.24) is 10.2 Å². The number of hydrogen-bond acceptors (Lipinski definition) is 4. The van der Waals surface area contributed by atoms with E-state index in [4.69, 9.17) is 24.1 Å². The third kappa shape index (κ3) is 14.7. The van der Waals surface area contributed by atoms with Gasteiger partial charge in [-0.3, -0.25) is 4.90 Å². The normalized spacial score (nSPS) is 21.9. The molecule has 8 heteroatoms. The number of nitrogens with one attached hydrogen (secondary N) is 1. The van der Waals surface area contributed by atoms with Crippen LogP contribution in [-0.2, 0) is 19.9 Å². The van der Waals surface area contributed by atoms with Gasteiger partial charge in [0.05, 0.1) is 13.2 Å². The second kappa shape index (κ2) is 23.5. The van der Waals surface area contributed by atoms with Crippen molar-refractivity contribution >= 4 is 39.1 Å².